The van der Waals surface area contributed by atoms with Gasteiger partial charge in [0.25, 0.3) is 5.91 Å². The summed E-state index contributed by atoms with van der Waals surface area (Å²) in [5.74, 6) is -0.00822. The van der Waals surface area contributed by atoms with E-state index in [2.05, 4.69) is 5.32 Å². The van der Waals surface area contributed by atoms with Crippen LogP contribution < -0.4 is 10.1 Å². The minimum absolute atomic E-state index is 0.258. The average Bonchev–Trinajstić information content (AvgIpc) is 2.68. The van der Waals surface area contributed by atoms with Crippen LogP contribution in [0.4, 0.5) is 5.69 Å². The molecule has 1 atom stereocenters. The summed E-state index contributed by atoms with van der Waals surface area (Å²) in [7, 11) is 0. The molecule has 0 unspecified atom stereocenters. The fraction of sp³-hybridized carbons (Fsp3) is 0.136. The SMILES string of the molecule is Cc1cc(Cl)cc(Cl)c1OCC(=O)Nc1ccc(Cl)cc1[C@H](O)c1ccccc1. The maximum absolute atomic E-state index is 12.5. The van der Waals surface area contributed by atoms with Gasteiger partial charge in [-0.2, -0.15) is 0 Å². The van der Waals surface area contributed by atoms with Gasteiger partial charge in [-0.1, -0.05) is 65.1 Å². The molecule has 150 valence electrons. The number of nitrogens with one attached hydrogen (secondary N) is 1. The van der Waals surface area contributed by atoms with Crippen molar-refractivity contribution in [2.24, 2.45) is 0 Å². The van der Waals surface area contributed by atoms with Gasteiger partial charge in [-0.15, -0.1) is 0 Å². The minimum Gasteiger partial charge on any atom is -0.482 e. The summed E-state index contributed by atoms with van der Waals surface area (Å²) in [5, 5.41) is 14.8. The number of hydrogen-bond donors (Lipinski definition) is 2. The van der Waals surface area contributed by atoms with Gasteiger partial charge in [0.05, 0.1) is 5.02 Å². The Labute approximate surface area is 184 Å². The number of amides is 1. The van der Waals surface area contributed by atoms with E-state index in [0.717, 1.165) is 5.56 Å². The maximum atomic E-state index is 12.5. The van der Waals surface area contributed by atoms with E-state index in [1.54, 1.807) is 49.4 Å². The molecule has 3 rings (SSSR count). The highest BCUT2D eigenvalue weighted by Crippen LogP contribution is 2.33. The normalized spacial score (nSPS) is 11.8. The van der Waals surface area contributed by atoms with Crippen LogP contribution in [0.2, 0.25) is 15.1 Å². The van der Waals surface area contributed by atoms with Crippen molar-refractivity contribution in [3.05, 3.63) is 92.4 Å². The zero-order chi connectivity index (χ0) is 21.0. The van der Waals surface area contributed by atoms with Gasteiger partial charge in [0.15, 0.2) is 6.61 Å². The van der Waals surface area contributed by atoms with Crippen LogP contribution in [0.15, 0.2) is 60.7 Å². The molecule has 3 aromatic carbocycles. The standard InChI is InChI=1S/C22H18Cl3NO3/c1-13-9-16(24)11-18(25)22(13)29-12-20(27)26-19-8-7-15(23)10-17(19)21(28)14-5-3-2-4-6-14/h2-11,21,28H,12H2,1H3,(H,26,27)/t21-/m1/s1. The Morgan fingerprint density at radius 1 is 1.03 bits per heavy atom. The number of aliphatic hydroxyl groups excluding tert-OH is 1. The first-order valence-corrected chi connectivity index (χ1v) is 9.89. The van der Waals surface area contributed by atoms with E-state index >= 15 is 0 Å². The van der Waals surface area contributed by atoms with E-state index < -0.39 is 12.0 Å². The van der Waals surface area contributed by atoms with Gasteiger partial charge in [-0.25, -0.2) is 0 Å². The van der Waals surface area contributed by atoms with Gasteiger partial charge in [-0.05, 0) is 48.4 Å². The third-order valence-corrected chi connectivity index (χ3v) is 4.97. The number of aliphatic hydroxyl groups is 1. The monoisotopic (exact) mass is 449 g/mol. The zero-order valence-corrected chi connectivity index (χ0v) is 17.7. The van der Waals surface area contributed by atoms with Gasteiger partial charge in [-0.3, -0.25) is 4.79 Å². The van der Waals surface area contributed by atoms with Gasteiger partial charge in [0, 0.05) is 21.3 Å². The molecule has 0 radical (unpaired) electrons. The van der Waals surface area contributed by atoms with Crippen LogP contribution in [-0.4, -0.2) is 17.6 Å². The summed E-state index contributed by atoms with van der Waals surface area (Å²) >= 11 is 18.2. The second kappa shape index (κ2) is 9.51. The number of carbonyl (C=O) groups excluding carboxylic acids is 1. The van der Waals surface area contributed by atoms with E-state index in [1.807, 2.05) is 18.2 Å². The summed E-state index contributed by atoms with van der Waals surface area (Å²) in [6.45, 7) is 1.53. The summed E-state index contributed by atoms with van der Waals surface area (Å²) in [5.41, 5.74) is 2.34. The summed E-state index contributed by atoms with van der Waals surface area (Å²) in [6, 6.07) is 17.3. The van der Waals surface area contributed by atoms with Crippen LogP contribution in [0.5, 0.6) is 5.75 Å². The molecule has 0 saturated heterocycles. The second-order valence-electron chi connectivity index (χ2n) is 6.42. The topological polar surface area (TPSA) is 58.6 Å². The Balaban J connectivity index is 1.76. The highest BCUT2D eigenvalue weighted by molar-refractivity contribution is 6.35. The average molecular weight is 451 g/mol. The predicted octanol–water partition coefficient (Wildman–Crippen LogP) is 6.05. The van der Waals surface area contributed by atoms with Crippen LogP contribution in [0, 0.1) is 6.92 Å². The lowest BCUT2D eigenvalue weighted by molar-refractivity contribution is -0.118. The molecule has 2 N–H and O–H groups in total. The second-order valence-corrected chi connectivity index (χ2v) is 7.70. The molecule has 1 amide bonds. The number of hydrogen-bond acceptors (Lipinski definition) is 3. The number of rotatable bonds is 6. The molecule has 7 heteroatoms. The third kappa shape index (κ3) is 5.43. The number of anilines is 1. The van der Waals surface area contributed by atoms with Gasteiger partial charge in [0.1, 0.15) is 11.9 Å². The van der Waals surface area contributed by atoms with Crippen LogP contribution >= 0.6 is 34.8 Å². The Kier molecular flexibility index (Phi) is 7.04. The molecule has 4 nitrogen and oxygen atoms in total. The first-order valence-electron chi connectivity index (χ1n) is 8.76. The zero-order valence-electron chi connectivity index (χ0n) is 15.5. The van der Waals surface area contributed by atoms with Crippen LogP contribution in [0.3, 0.4) is 0 Å². The molecule has 0 aromatic heterocycles. The fourth-order valence-corrected chi connectivity index (χ4v) is 3.71. The largest absolute Gasteiger partial charge is 0.482 e. The van der Waals surface area contributed by atoms with Crippen LogP contribution in [-0.2, 0) is 4.79 Å². The molecule has 0 aliphatic rings. The third-order valence-electron chi connectivity index (χ3n) is 4.24. The molecule has 0 heterocycles. The highest BCUT2D eigenvalue weighted by Gasteiger charge is 2.17. The van der Waals surface area contributed by atoms with Crippen molar-refractivity contribution in [3.8, 4) is 5.75 Å². The quantitative estimate of drug-likeness (QED) is 0.480. The number of halogens is 3. The lowest BCUT2D eigenvalue weighted by Crippen LogP contribution is -2.21. The van der Waals surface area contributed by atoms with Crippen molar-refractivity contribution >= 4 is 46.4 Å². The lowest BCUT2D eigenvalue weighted by atomic mass is 10.00. The first-order chi connectivity index (χ1) is 13.8. The fourth-order valence-electron chi connectivity index (χ4n) is 2.88. The molecule has 0 aliphatic carbocycles. The molecular formula is C22H18Cl3NO3. The molecule has 0 fully saturated rings. The molecule has 0 saturated carbocycles. The Bertz CT molecular complexity index is 1000. The molecule has 0 bridgehead atoms. The lowest BCUT2D eigenvalue weighted by Gasteiger charge is -2.18. The van der Waals surface area contributed by atoms with Crippen LogP contribution in [0.25, 0.3) is 0 Å². The smallest absolute Gasteiger partial charge is 0.262 e. The number of aryl methyl sites for hydroxylation is 1. The summed E-state index contributed by atoms with van der Waals surface area (Å²) in [4.78, 5) is 12.5. The number of carbonyl (C=O) groups is 1. The molecule has 3 aromatic rings. The predicted molar refractivity (Wildman–Crippen MR) is 117 cm³/mol. The van der Waals surface area contributed by atoms with E-state index in [1.165, 1.54) is 0 Å². The highest BCUT2D eigenvalue weighted by atomic mass is 35.5. The first kappa shape index (κ1) is 21.5. The van der Waals surface area contributed by atoms with Crippen LogP contribution in [0.1, 0.15) is 22.8 Å². The van der Waals surface area contributed by atoms with Gasteiger partial charge in [0.2, 0.25) is 0 Å². The maximum Gasteiger partial charge on any atom is 0.262 e. The Morgan fingerprint density at radius 3 is 2.45 bits per heavy atom. The molecule has 29 heavy (non-hydrogen) atoms. The Morgan fingerprint density at radius 2 is 1.76 bits per heavy atom. The van der Waals surface area contributed by atoms with Crippen molar-refractivity contribution < 1.29 is 14.6 Å². The van der Waals surface area contributed by atoms with E-state index in [9.17, 15) is 9.90 Å². The molecular weight excluding hydrogens is 433 g/mol. The van der Waals surface area contributed by atoms with E-state index in [0.29, 0.717) is 37.6 Å². The van der Waals surface area contributed by atoms with Crippen molar-refractivity contribution in [2.45, 2.75) is 13.0 Å². The Hall–Kier alpha value is -2.24. The van der Waals surface area contributed by atoms with Gasteiger partial charge < -0.3 is 15.2 Å². The van der Waals surface area contributed by atoms with Crippen molar-refractivity contribution in [2.75, 3.05) is 11.9 Å². The van der Waals surface area contributed by atoms with E-state index in [-0.39, 0.29) is 6.61 Å². The minimum atomic E-state index is -0.945. The number of benzene rings is 3. The van der Waals surface area contributed by atoms with Crippen molar-refractivity contribution in [1.29, 1.82) is 0 Å². The van der Waals surface area contributed by atoms with Crippen molar-refractivity contribution in [1.82, 2.24) is 0 Å². The number of ether oxygens (including phenoxy) is 1. The summed E-state index contributed by atoms with van der Waals surface area (Å²) < 4.78 is 5.57. The molecule has 0 aliphatic heterocycles. The van der Waals surface area contributed by atoms with E-state index in [4.69, 9.17) is 39.5 Å². The van der Waals surface area contributed by atoms with Gasteiger partial charge >= 0.3 is 0 Å². The molecule has 0 spiro atoms. The van der Waals surface area contributed by atoms with Crippen molar-refractivity contribution in [3.63, 3.8) is 0 Å². The summed E-state index contributed by atoms with van der Waals surface area (Å²) in [6.07, 6.45) is -0.945.